The van der Waals surface area contributed by atoms with Gasteiger partial charge in [-0.1, -0.05) is 6.07 Å². The van der Waals surface area contributed by atoms with Gasteiger partial charge in [-0.05, 0) is 50.4 Å². The number of hydrogen-bond donors (Lipinski definition) is 2. The van der Waals surface area contributed by atoms with E-state index in [2.05, 4.69) is 22.3 Å². The van der Waals surface area contributed by atoms with Crippen LogP contribution in [0.25, 0.3) is 0 Å². The first-order valence-electron chi connectivity index (χ1n) is 9.51. The van der Waals surface area contributed by atoms with Crippen LogP contribution in [0.2, 0.25) is 0 Å². The highest BCUT2D eigenvalue weighted by Gasteiger charge is 2.50. The molecule has 6 heteroatoms. The minimum Gasteiger partial charge on any atom is -0.496 e. The van der Waals surface area contributed by atoms with E-state index in [0.29, 0.717) is 19.8 Å². The SMILES string of the molecule is CCOCc1cc(CN2CC[C@@H]3NCCC[C@@]3(C(=O)O)C2)ccc1OC. The van der Waals surface area contributed by atoms with Crippen LogP contribution < -0.4 is 10.1 Å². The maximum absolute atomic E-state index is 12.1. The summed E-state index contributed by atoms with van der Waals surface area (Å²) in [6.07, 6.45) is 2.57. The maximum Gasteiger partial charge on any atom is 0.312 e. The Morgan fingerprint density at radius 1 is 1.46 bits per heavy atom. The molecule has 0 aromatic heterocycles. The van der Waals surface area contributed by atoms with Crippen molar-refractivity contribution in [3.05, 3.63) is 29.3 Å². The van der Waals surface area contributed by atoms with Crippen molar-refractivity contribution in [2.24, 2.45) is 5.41 Å². The van der Waals surface area contributed by atoms with Gasteiger partial charge in [0.25, 0.3) is 0 Å². The van der Waals surface area contributed by atoms with E-state index >= 15 is 0 Å². The molecule has 26 heavy (non-hydrogen) atoms. The number of nitrogens with one attached hydrogen (secondary N) is 1. The summed E-state index contributed by atoms with van der Waals surface area (Å²) >= 11 is 0. The standard InChI is InChI=1S/C20H30N2O4/c1-3-26-13-16-11-15(5-6-17(16)25-2)12-22-10-7-18-20(14-22,19(23)24)8-4-9-21-18/h5-6,11,18,21H,3-4,7-10,12-14H2,1-2H3,(H,23,24)/t18-,20+/m0/s1. The lowest BCUT2D eigenvalue weighted by Crippen LogP contribution is -2.62. The molecule has 6 nitrogen and oxygen atoms in total. The summed E-state index contributed by atoms with van der Waals surface area (Å²) in [5.41, 5.74) is 1.55. The quantitative estimate of drug-likeness (QED) is 0.775. The van der Waals surface area contributed by atoms with Crippen LogP contribution in [0.5, 0.6) is 5.75 Å². The van der Waals surface area contributed by atoms with Crippen molar-refractivity contribution in [1.29, 1.82) is 0 Å². The third-order valence-electron chi connectivity index (χ3n) is 5.74. The Kier molecular flexibility index (Phi) is 6.16. The fraction of sp³-hybridized carbons (Fsp3) is 0.650. The number of rotatable bonds is 7. The molecule has 2 saturated heterocycles. The second-order valence-electron chi connectivity index (χ2n) is 7.35. The molecule has 0 radical (unpaired) electrons. The van der Waals surface area contributed by atoms with Crippen LogP contribution in [0.4, 0.5) is 0 Å². The predicted octanol–water partition coefficient (Wildman–Crippen LogP) is 2.26. The summed E-state index contributed by atoms with van der Waals surface area (Å²) in [5, 5.41) is 13.4. The van der Waals surface area contributed by atoms with E-state index < -0.39 is 11.4 Å². The largest absolute Gasteiger partial charge is 0.496 e. The average molecular weight is 362 g/mol. The number of nitrogens with zero attached hydrogens (tertiary/aromatic N) is 1. The van der Waals surface area contributed by atoms with E-state index in [0.717, 1.165) is 50.2 Å². The van der Waals surface area contributed by atoms with Crippen molar-refractivity contribution in [1.82, 2.24) is 10.2 Å². The molecule has 0 unspecified atom stereocenters. The molecule has 2 aliphatic heterocycles. The van der Waals surface area contributed by atoms with Crippen LogP contribution in [0, 0.1) is 5.41 Å². The zero-order valence-electron chi connectivity index (χ0n) is 15.8. The number of aliphatic carboxylic acids is 1. The lowest BCUT2D eigenvalue weighted by atomic mass is 9.70. The molecule has 2 fully saturated rings. The van der Waals surface area contributed by atoms with Crippen LogP contribution >= 0.6 is 0 Å². The van der Waals surface area contributed by atoms with Gasteiger partial charge in [-0.2, -0.15) is 0 Å². The number of benzene rings is 1. The fourth-order valence-electron chi connectivity index (χ4n) is 4.38. The van der Waals surface area contributed by atoms with Gasteiger partial charge in [0, 0.05) is 37.8 Å². The number of methoxy groups -OCH3 is 1. The van der Waals surface area contributed by atoms with Gasteiger partial charge in [-0.25, -0.2) is 0 Å². The molecule has 144 valence electrons. The summed E-state index contributed by atoms with van der Waals surface area (Å²) in [6.45, 7) is 6.37. The van der Waals surface area contributed by atoms with Gasteiger partial charge in [-0.15, -0.1) is 0 Å². The van der Waals surface area contributed by atoms with Crippen LogP contribution in [-0.4, -0.2) is 55.4 Å². The predicted molar refractivity (Wildman–Crippen MR) is 99.3 cm³/mol. The van der Waals surface area contributed by atoms with Crippen molar-refractivity contribution in [3.8, 4) is 5.75 Å². The highest BCUT2D eigenvalue weighted by Crippen LogP contribution is 2.38. The van der Waals surface area contributed by atoms with Crippen molar-refractivity contribution in [2.45, 2.75) is 45.4 Å². The zero-order valence-corrected chi connectivity index (χ0v) is 15.8. The van der Waals surface area contributed by atoms with Gasteiger partial charge < -0.3 is 19.9 Å². The maximum atomic E-state index is 12.1. The zero-order chi connectivity index (χ0) is 18.6. The Morgan fingerprint density at radius 3 is 3.04 bits per heavy atom. The summed E-state index contributed by atoms with van der Waals surface area (Å²) in [6, 6.07) is 6.25. The minimum absolute atomic E-state index is 0.0920. The number of carboxylic acids is 1. The smallest absolute Gasteiger partial charge is 0.312 e. The van der Waals surface area contributed by atoms with Crippen molar-refractivity contribution < 1.29 is 19.4 Å². The van der Waals surface area contributed by atoms with Crippen LogP contribution in [0.1, 0.15) is 37.3 Å². The van der Waals surface area contributed by atoms with Gasteiger partial charge in [0.2, 0.25) is 0 Å². The van der Waals surface area contributed by atoms with E-state index in [1.165, 1.54) is 5.56 Å². The van der Waals surface area contributed by atoms with Crippen LogP contribution in [0.3, 0.4) is 0 Å². The summed E-state index contributed by atoms with van der Waals surface area (Å²) < 4.78 is 11.0. The molecule has 0 aliphatic carbocycles. The molecule has 0 spiro atoms. The Hall–Kier alpha value is -1.63. The second kappa shape index (κ2) is 8.37. The highest BCUT2D eigenvalue weighted by molar-refractivity contribution is 5.76. The first-order chi connectivity index (χ1) is 12.6. The van der Waals surface area contributed by atoms with E-state index in [1.54, 1.807) is 7.11 Å². The molecule has 3 rings (SSSR count). The lowest BCUT2D eigenvalue weighted by molar-refractivity contribution is -0.157. The summed E-state index contributed by atoms with van der Waals surface area (Å²) in [7, 11) is 1.67. The van der Waals surface area contributed by atoms with Crippen LogP contribution in [0.15, 0.2) is 18.2 Å². The third-order valence-corrected chi connectivity index (χ3v) is 5.74. The molecule has 0 amide bonds. The van der Waals surface area contributed by atoms with Crippen molar-refractivity contribution in [2.75, 3.05) is 33.4 Å². The number of piperidine rings is 2. The van der Waals surface area contributed by atoms with E-state index in [9.17, 15) is 9.90 Å². The monoisotopic (exact) mass is 362 g/mol. The normalized spacial score (nSPS) is 26.3. The van der Waals surface area contributed by atoms with Gasteiger partial charge in [0.15, 0.2) is 0 Å². The fourth-order valence-corrected chi connectivity index (χ4v) is 4.38. The topological polar surface area (TPSA) is 71.0 Å². The Morgan fingerprint density at radius 2 is 2.31 bits per heavy atom. The first-order valence-corrected chi connectivity index (χ1v) is 9.51. The molecule has 2 atom stereocenters. The molecule has 1 aromatic rings. The van der Waals surface area contributed by atoms with Crippen molar-refractivity contribution in [3.63, 3.8) is 0 Å². The summed E-state index contributed by atoms with van der Waals surface area (Å²) in [5.74, 6) is 0.172. The number of likely N-dealkylation sites (tertiary alicyclic amines) is 1. The molecule has 0 bridgehead atoms. The van der Waals surface area contributed by atoms with Gasteiger partial charge in [0.1, 0.15) is 5.75 Å². The number of carboxylic acid groups (broad SMARTS) is 1. The number of fused-ring (bicyclic) bond motifs is 1. The number of ether oxygens (including phenoxy) is 2. The van der Waals surface area contributed by atoms with Gasteiger partial charge in [0.05, 0.1) is 19.1 Å². The minimum atomic E-state index is -0.661. The number of hydrogen-bond acceptors (Lipinski definition) is 5. The Labute approximate surface area is 155 Å². The molecule has 1 aromatic carbocycles. The average Bonchev–Trinajstić information content (AvgIpc) is 2.66. The van der Waals surface area contributed by atoms with Crippen molar-refractivity contribution >= 4 is 5.97 Å². The van der Waals surface area contributed by atoms with Gasteiger partial charge in [-0.3, -0.25) is 9.69 Å². The van der Waals surface area contributed by atoms with Gasteiger partial charge >= 0.3 is 5.97 Å². The molecule has 2 aliphatic rings. The van der Waals surface area contributed by atoms with E-state index in [1.807, 2.05) is 13.0 Å². The first kappa shape index (κ1) is 19.1. The van der Waals surface area contributed by atoms with E-state index in [4.69, 9.17) is 9.47 Å². The molecule has 2 N–H and O–H groups in total. The Bertz CT molecular complexity index is 636. The lowest BCUT2D eigenvalue weighted by Gasteiger charge is -2.48. The van der Waals surface area contributed by atoms with E-state index in [-0.39, 0.29) is 6.04 Å². The summed E-state index contributed by atoms with van der Waals surface area (Å²) in [4.78, 5) is 14.3. The molecule has 0 saturated carbocycles. The third kappa shape index (κ3) is 3.87. The van der Waals surface area contributed by atoms with Crippen LogP contribution in [-0.2, 0) is 22.7 Å². The molecular formula is C20H30N2O4. The number of carbonyl (C=O) groups is 1. The molecule has 2 heterocycles. The molecular weight excluding hydrogens is 332 g/mol. The Balaban J connectivity index is 1.73. The highest BCUT2D eigenvalue weighted by atomic mass is 16.5. The second-order valence-corrected chi connectivity index (χ2v) is 7.35.